The van der Waals surface area contributed by atoms with Crippen LogP contribution in [0, 0.1) is 12.8 Å². The molecule has 2 aromatic carbocycles. The second-order valence-corrected chi connectivity index (χ2v) is 11.3. The zero-order chi connectivity index (χ0) is 23.6. The smallest absolute Gasteiger partial charge is 0.469 e. The number of phosphoric ester groups is 1. The minimum absolute atomic E-state index is 0.105. The molecule has 4 rings (SSSR count). The van der Waals surface area contributed by atoms with E-state index in [1.54, 1.807) is 7.11 Å². The van der Waals surface area contributed by atoms with Gasteiger partial charge in [-0.15, -0.1) is 0 Å². The highest BCUT2D eigenvalue weighted by Crippen LogP contribution is 2.44. The number of aryl methyl sites for hydroxylation is 3. The van der Waals surface area contributed by atoms with E-state index in [1.807, 2.05) is 0 Å². The Balaban J connectivity index is 1.35. The zero-order valence-corrected chi connectivity index (χ0v) is 20.5. The maximum Gasteiger partial charge on any atom is 0.469 e. The van der Waals surface area contributed by atoms with Gasteiger partial charge in [0.1, 0.15) is 5.75 Å². The van der Waals surface area contributed by atoms with Gasteiger partial charge in [0.2, 0.25) is 0 Å². The van der Waals surface area contributed by atoms with E-state index in [0.717, 1.165) is 31.4 Å². The van der Waals surface area contributed by atoms with Gasteiger partial charge in [0.05, 0.1) is 13.7 Å². The van der Waals surface area contributed by atoms with Gasteiger partial charge in [-0.3, -0.25) is 4.52 Å². The molecule has 2 aromatic rings. The van der Waals surface area contributed by atoms with Crippen LogP contribution in [0.1, 0.15) is 65.8 Å². The fraction of sp³-hybridized carbons (Fsp3) is 0.538. The van der Waals surface area contributed by atoms with Crippen LogP contribution in [0.25, 0.3) is 0 Å². The number of hydrogen-bond acceptors (Lipinski definition) is 4. The molecule has 0 radical (unpaired) electrons. The van der Waals surface area contributed by atoms with E-state index in [9.17, 15) is 4.57 Å². The topological polar surface area (TPSA) is 102 Å². The molecule has 4 N–H and O–H groups in total. The summed E-state index contributed by atoms with van der Waals surface area (Å²) < 4.78 is 21.3. The highest BCUT2D eigenvalue weighted by atomic mass is 31.2. The molecule has 0 aliphatic heterocycles. The maximum absolute atomic E-state index is 11.1. The number of ether oxygens (including phenoxy) is 1. The summed E-state index contributed by atoms with van der Waals surface area (Å²) in [5.41, 5.74) is 12.5. The lowest BCUT2D eigenvalue weighted by Gasteiger charge is -2.27. The van der Waals surface area contributed by atoms with Crippen LogP contribution in [-0.4, -0.2) is 29.0 Å². The summed E-state index contributed by atoms with van der Waals surface area (Å²) in [5, 5.41) is 0. The molecule has 1 fully saturated rings. The van der Waals surface area contributed by atoms with Crippen molar-refractivity contribution >= 4 is 7.82 Å². The van der Waals surface area contributed by atoms with Crippen LogP contribution in [0.15, 0.2) is 36.4 Å². The molecule has 2 aliphatic carbocycles. The molecular weight excluding hydrogens is 437 g/mol. The van der Waals surface area contributed by atoms with Crippen LogP contribution in [0.3, 0.4) is 0 Å². The SMILES string of the molecule is COc1ccc(C)cc1CC[C@@H]1CCc2cc([C@H]3CC[C@](N)(COP(=O)(O)O)C3)ccc2C1. The number of nitrogens with two attached hydrogens (primary N) is 1. The summed E-state index contributed by atoms with van der Waals surface area (Å²) in [5.74, 6) is 1.98. The summed E-state index contributed by atoms with van der Waals surface area (Å²) in [6, 6.07) is 13.3. The Morgan fingerprint density at radius 1 is 1.15 bits per heavy atom. The lowest BCUT2D eigenvalue weighted by atomic mass is 9.79. The molecule has 0 saturated heterocycles. The van der Waals surface area contributed by atoms with Gasteiger partial charge in [-0.05, 0) is 98.4 Å². The first-order chi connectivity index (χ1) is 15.6. The second-order valence-electron chi connectivity index (χ2n) is 10.1. The molecule has 7 heteroatoms. The maximum atomic E-state index is 11.1. The second kappa shape index (κ2) is 9.89. The van der Waals surface area contributed by atoms with Crippen molar-refractivity contribution in [2.45, 2.75) is 69.7 Å². The fourth-order valence-electron chi connectivity index (χ4n) is 5.60. The van der Waals surface area contributed by atoms with Crippen molar-refractivity contribution in [2.24, 2.45) is 11.7 Å². The van der Waals surface area contributed by atoms with Crippen LogP contribution in [0.4, 0.5) is 0 Å². The van der Waals surface area contributed by atoms with Crippen molar-refractivity contribution in [3.05, 3.63) is 64.2 Å². The summed E-state index contributed by atoms with van der Waals surface area (Å²) in [6.07, 6.45) is 7.93. The quantitative estimate of drug-likeness (QED) is 0.476. The molecular formula is C26H36NO5P. The largest absolute Gasteiger partial charge is 0.496 e. The Labute approximate surface area is 196 Å². The van der Waals surface area contributed by atoms with E-state index in [1.165, 1.54) is 40.7 Å². The van der Waals surface area contributed by atoms with Crippen LogP contribution in [-0.2, 0) is 28.4 Å². The normalized spacial score (nSPS) is 25.1. The molecule has 0 aromatic heterocycles. The van der Waals surface area contributed by atoms with Crippen molar-refractivity contribution in [2.75, 3.05) is 13.7 Å². The molecule has 33 heavy (non-hydrogen) atoms. The number of phosphoric acid groups is 1. The molecule has 0 amide bonds. The van der Waals surface area contributed by atoms with Crippen molar-refractivity contribution in [1.29, 1.82) is 0 Å². The minimum atomic E-state index is -4.49. The third-order valence-corrected chi connectivity index (χ3v) is 7.92. The van der Waals surface area contributed by atoms with Gasteiger partial charge < -0.3 is 20.3 Å². The fourth-order valence-corrected chi connectivity index (χ4v) is 6.02. The molecule has 0 spiro atoms. The molecule has 3 atom stereocenters. The zero-order valence-electron chi connectivity index (χ0n) is 19.6. The van der Waals surface area contributed by atoms with E-state index >= 15 is 0 Å². The Kier molecular flexibility index (Phi) is 7.32. The molecule has 2 aliphatic rings. The van der Waals surface area contributed by atoms with Gasteiger partial charge in [-0.2, -0.15) is 0 Å². The molecule has 0 heterocycles. The number of methoxy groups -OCH3 is 1. The average molecular weight is 474 g/mol. The Bertz CT molecular complexity index is 1040. The number of rotatable bonds is 8. The van der Waals surface area contributed by atoms with Gasteiger partial charge in [-0.1, -0.05) is 35.9 Å². The first kappa shape index (κ1) is 24.4. The third kappa shape index (κ3) is 6.26. The average Bonchev–Trinajstić information content (AvgIpc) is 3.18. The van der Waals surface area contributed by atoms with Crippen molar-refractivity contribution in [3.63, 3.8) is 0 Å². The van der Waals surface area contributed by atoms with Crippen LogP contribution in [0.5, 0.6) is 5.75 Å². The monoisotopic (exact) mass is 473 g/mol. The van der Waals surface area contributed by atoms with Gasteiger partial charge in [-0.25, -0.2) is 4.57 Å². The molecule has 180 valence electrons. The molecule has 0 bridgehead atoms. The van der Waals surface area contributed by atoms with E-state index in [-0.39, 0.29) is 6.61 Å². The van der Waals surface area contributed by atoms with Crippen molar-refractivity contribution < 1.29 is 23.6 Å². The summed E-state index contributed by atoms with van der Waals surface area (Å²) >= 11 is 0. The predicted molar refractivity (Wildman–Crippen MR) is 130 cm³/mol. The van der Waals surface area contributed by atoms with E-state index in [4.69, 9.17) is 24.8 Å². The van der Waals surface area contributed by atoms with E-state index in [2.05, 4.69) is 43.3 Å². The predicted octanol–water partition coefficient (Wildman–Crippen LogP) is 4.82. The van der Waals surface area contributed by atoms with Crippen LogP contribution in [0.2, 0.25) is 0 Å². The molecule has 1 saturated carbocycles. The standard InChI is InChI=1S/C26H36NO5P/c1-18-3-10-25(31-2)23(13-18)7-5-19-4-6-21-15-22(9-8-20(21)14-19)24-11-12-26(27,16-24)17-32-33(28,29)30/h3,8-10,13,15,19,24H,4-7,11-12,14,16-17,27H2,1-2H3,(H2,28,29,30)/t19-,24-,26+/m0/s1. The summed E-state index contributed by atoms with van der Waals surface area (Å²) in [4.78, 5) is 18.0. The van der Waals surface area contributed by atoms with Gasteiger partial charge in [0.15, 0.2) is 0 Å². The van der Waals surface area contributed by atoms with Crippen molar-refractivity contribution in [1.82, 2.24) is 0 Å². The summed E-state index contributed by atoms with van der Waals surface area (Å²) in [7, 11) is -2.75. The number of fused-ring (bicyclic) bond motifs is 1. The van der Waals surface area contributed by atoms with E-state index < -0.39 is 13.4 Å². The third-order valence-electron chi connectivity index (χ3n) is 7.45. The molecule has 0 unspecified atom stereocenters. The van der Waals surface area contributed by atoms with E-state index in [0.29, 0.717) is 24.7 Å². The summed E-state index contributed by atoms with van der Waals surface area (Å²) in [6.45, 7) is 2.02. The Morgan fingerprint density at radius 2 is 1.97 bits per heavy atom. The highest BCUT2D eigenvalue weighted by molar-refractivity contribution is 7.46. The lowest BCUT2D eigenvalue weighted by Crippen LogP contribution is -2.41. The molecule has 6 nitrogen and oxygen atoms in total. The Hall–Kier alpha value is -1.69. The lowest BCUT2D eigenvalue weighted by molar-refractivity contribution is 0.153. The van der Waals surface area contributed by atoms with Gasteiger partial charge in [0.25, 0.3) is 0 Å². The Morgan fingerprint density at radius 3 is 2.73 bits per heavy atom. The highest BCUT2D eigenvalue weighted by Gasteiger charge is 2.38. The number of hydrogen-bond donors (Lipinski definition) is 3. The van der Waals surface area contributed by atoms with Crippen LogP contribution < -0.4 is 10.5 Å². The number of benzene rings is 2. The van der Waals surface area contributed by atoms with Gasteiger partial charge in [0, 0.05) is 5.54 Å². The van der Waals surface area contributed by atoms with Crippen LogP contribution >= 0.6 is 7.82 Å². The van der Waals surface area contributed by atoms with Crippen molar-refractivity contribution in [3.8, 4) is 5.75 Å². The first-order valence-corrected chi connectivity index (χ1v) is 13.4. The first-order valence-electron chi connectivity index (χ1n) is 11.9. The minimum Gasteiger partial charge on any atom is -0.496 e. The van der Waals surface area contributed by atoms with Gasteiger partial charge >= 0.3 is 7.82 Å².